The molecule has 11 rings (SSSR count). The number of aromatic nitrogens is 1. The van der Waals surface area contributed by atoms with Crippen LogP contribution in [0.15, 0.2) is 224 Å². The van der Waals surface area contributed by atoms with Crippen molar-refractivity contribution in [3.8, 4) is 39.1 Å². The third-order valence-corrected chi connectivity index (χ3v) is 11.9. The predicted octanol–water partition coefficient (Wildman–Crippen LogP) is 15.9. The summed E-state index contributed by atoms with van der Waals surface area (Å²) in [6, 6.07) is 81.7. The summed E-state index contributed by atoms with van der Waals surface area (Å²) in [5, 5.41) is 7.44. The molecule has 0 aliphatic heterocycles. The minimum Gasteiger partial charge on any atom is -0.310 e. The Morgan fingerprint density at radius 2 is 0.831 bits per heavy atom. The standard InChI is InChI=1S/C57H40N2/c1-39-17-8-9-24-47(39)40-31-33-41(34-32-40)56-49-26-10-12-28-51(49)57(52-29-13-11-27-50(52)56)42-18-16-23-45(37-42)59-54-30-15-14-25-48(54)53-38-46(35-36-55(53)59)58(43-19-4-2-5-20-43)44-21-6-3-7-22-44/h2-38H,1H3. The molecule has 0 bridgehead atoms. The van der Waals surface area contributed by atoms with E-state index < -0.39 is 0 Å². The van der Waals surface area contributed by atoms with Gasteiger partial charge in [0, 0.05) is 33.5 Å². The Labute approximate surface area is 344 Å². The summed E-state index contributed by atoms with van der Waals surface area (Å²) < 4.78 is 2.43. The van der Waals surface area contributed by atoms with E-state index in [1.807, 2.05) is 0 Å². The van der Waals surface area contributed by atoms with E-state index in [0.29, 0.717) is 0 Å². The number of rotatable bonds is 7. The van der Waals surface area contributed by atoms with E-state index in [-0.39, 0.29) is 0 Å². The summed E-state index contributed by atoms with van der Waals surface area (Å²) in [5.74, 6) is 0. The Kier molecular flexibility index (Phi) is 8.41. The van der Waals surface area contributed by atoms with Crippen molar-refractivity contribution in [2.45, 2.75) is 6.92 Å². The molecule has 11 aromatic rings. The van der Waals surface area contributed by atoms with Crippen molar-refractivity contribution in [2.75, 3.05) is 4.90 Å². The van der Waals surface area contributed by atoms with E-state index in [0.717, 1.165) is 22.7 Å². The Morgan fingerprint density at radius 3 is 1.46 bits per heavy atom. The van der Waals surface area contributed by atoms with Gasteiger partial charge in [0.15, 0.2) is 0 Å². The van der Waals surface area contributed by atoms with Crippen LogP contribution in [0.5, 0.6) is 0 Å². The molecular formula is C57H40N2. The zero-order valence-corrected chi connectivity index (χ0v) is 32.8. The van der Waals surface area contributed by atoms with Crippen LogP contribution in [-0.2, 0) is 0 Å². The van der Waals surface area contributed by atoms with Crippen LogP contribution in [0.25, 0.3) is 82.4 Å². The van der Waals surface area contributed by atoms with Crippen LogP contribution in [0, 0.1) is 6.92 Å². The van der Waals surface area contributed by atoms with Gasteiger partial charge in [0.25, 0.3) is 0 Å². The van der Waals surface area contributed by atoms with Crippen molar-refractivity contribution >= 4 is 60.4 Å². The number of nitrogens with zero attached hydrogens (tertiary/aromatic N) is 2. The van der Waals surface area contributed by atoms with Crippen LogP contribution in [0.2, 0.25) is 0 Å². The predicted molar refractivity (Wildman–Crippen MR) is 252 cm³/mol. The number of hydrogen-bond donors (Lipinski definition) is 0. The smallest absolute Gasteiger partial charge is 0.0542 e. The van der Waals surface area contributed by atoms with Gasteiger partial charge in [0.1, 0.15) is 0 Å². The molecular weight excluding hydrogens is 713 g/mol. The van der Waals surface area contributed by atoms with Crippen LogP contribution in [0.1, 0.15) is 5.56 Å². The Morgan fingerprint density at radius 1 is 0.322 bits per heavy atom. The monoisotopic (exact) mass is 752 g/mol. The second-order valence-corrected chi connectivity index (χ2v) is 15.3. The second kappa shape index (κ2) is 14.4. The second-order valence-electron chi connectivity index (χ2n) is 15.3. The first-order valence-electron chi connectivity index (χ1n) is 20.4. The normalized spacial score (nSPS) is 11.5. The molecule has 1 aromatic heterocycles. The number of hydrogen-bond acceptors (Lipinski definition) is 1. The van der Waals surface area contributed by atoms with E-state index in [1.54, 1.807) is 0 Å². The van der Waals surface area contributed by atoms with E-state index in [1.165, 1.54) is 82.3 Å². The van der Waals surface area contributed by atoms with Crippen LogP contribution < -0.4 is 4.90 Å². The molecule has 0 radical (unpaired) electrons. The highest BCUT2D eigenvalue weighted by molar-refractivity contribution is 6.21. The summed E-state index contributed by atoms with van der Waals surface area (Å²) in [4.78, 5) is 2.34. The highest BCUT2D eigenvalue weighted by Gasteiger charge is 2.20. The number of anilines is 3. The first-order valence-corrected chi connectivity index (χ1v) is 20.4. The number of fused-ring (bicyclic) bond motifs is 5. The van der Waals surface area contributed by atoms with Crippen LogP contribution in [0.3, 0.4) is 0 Å². The first-order chi connectivity index (χ1) is 29.2. The van der Waals surface area contributed by atoms with Crippen LogP contribution >= 0.6 is 0 Å². The molecule has 2 nitrogen and oxygen atoms in total. The fourth-order valence-corrected chi connectivity index (χ4v) is 9.24. The molecule has 10 aromatic carbocycles. The van der Waals surface area contributed by atoms with Crippen LogP contribution in [0.4, 0.5) is 17.1 Å². The van der Waals surface area contributed by atoms with Crippen molar-refractivity contribution in [3.63, 3.8) is 0 Å². The SMILES string of the molecule is Cc1ccccc1-c1ccc(-c2c3ccccc3c(-c3cccc(-n4c5ccccc5c5cc(N(c6ccccc6)c6ccccc6)ccc54)c3)c3ccccc23)cc1. The highest BCUT2D eigenvalue weighted by Crippen LogP contribution is 2.45. The lowest BCUT2D eigenvalue weighted by Crippen LogP contribution is -2.09. The molecule has 278 valence electrons. The van der Waals surface area contributed by atoms with Crippen molar-refractivity contribution in [3.05, 3.63) is 230 Å². The van der Waals surface area contributed by atoms with Gasteiger partial charge >= 0.3 is 0 Å². The van der Waals surface area contributed by atoms with Gasteiger partial charge in [-0.15, -0.1) is 0 Å². The lowest BCUT2D eigenvalue weighted by atomic mass is 9.85. The van der Waals surface area contributed by atoms with Crippen molar-refractivity contribution in [2.24, 2.45) is 0 Å². The van der Waals surface area contributed by atoms with Crippen molar-refractivity contribution in [1.82, 2.24) is 4.57 Å². The van der Waals surface area contributed by atoms with Gasteiger partial charge in [-0.25, -0.2) is 0 Å². The van der Waals surface area contributed by atoms with Gasteiger partial charge in [-0.1, -0.05) is 164 Å². The summed E-state index contributed by atoms with van der Waals surface area (Å²) in [6.07, 6.45) is 0. The van der Waals surface area contributed by atoms with Gasteiger partial charge in [-0.05, 0) is 128 Å². The van der Waals surface area contributed by atoms with Crippen LogP contribution in [-0.4, -0.2) is 4.57 Å². The number of para-hydroxylation sites is 3. The lowest BCUT2D eigenvalue weighted by molar-refractivity contribution is 1.18. The molecule has 0 spiro atoms. The first kappa shape index (κ1) is 34.6. The molecule has 0 saturated carbocycles. The van der Waals surface area contributed by atoms with Gasteiger partial charge in [-0.2, -0.15) is 0 Å². The van der Waals surface area contributed by atoms with Crippen molar-refractivity contribution < 1.29 is 0 Å². The molecule has 0 fully saturated rings. The number of benzene rings is 10. The largest absolute Gasteiger partial charge is 0.310 e. The zero-order chi connectivity index (χ0) is 39.3. The van der Waals surface area contributed by atoms with E-state index >= 15 is 0 Å². The molecule has 0 unspecified atom stereocenters. The summed E-state index contributed by atoms with van der Waals surface area (Å²) >= 11 is 0. The molecule has 0 aliphatic carbocycles. The maximum atomic E-state index is 2.43. The fraction of sp³-hybridized carbons (Fsp3) is 0.0175. The lowest BCUT2D eigenvalue weighted by Gasteiger charge is -2.25. The Hall–Kier alpha value is -7.68. The quantitative estimate of drug-likeness (QED) is 0.147. The summed E-state index contributed by atoms with van der Waals surface area (Å²) in [6.45, 7) is 2.18. The molecule has 0 amide bonds. The molecule has 0 N–H and O–H groups in total. The van der Waals surface area contributed by atoms with Crippen molar-refractivity contribution in [1.29, 1.82) is 0 Å². The maximum Gasteiger partial charge on any atom is 0.0542 e. The van der Waals surface area contributed by atoms with Gasteiger partial charge < -0.3 is 9.47 Å². The topological polar surface area (TPSA) is 8.17 Å². The number of aryl methyl sites for hydroxylation is 1. The van der Waals surface area contributed by atoms with Gasteiger partial charge in [0.05, 0.1) is 11.0 Å². The summed E-state index contributed by atoms with van der Waals surface area (Å²) in [5.41, 5.74) is 15.6. The van der Waals surface area contributed by atoms with Gasteiger partial charge in [0.2, 0.25) is 0 Å². The van der Waals surface area contributed by atoms with Gasteiger partial charge in [-0.3, -0.25) is 0 Å². The maximum absolute atomic E-state index is 2.43. The molecule has 59 heavy (non-hydrogen) atoms. The minimum absolute atomic E-state index is 1.12. The van der Waals surface area contributed by atoms with E-state index in [2.05, 4.69) is 241 Å². The average molecular weight is 753 g/mol. The third kappa shape index (κ3) is 5.88. The molecule has 0 atom stereocenters. The average Bonchev–Trinajstić information content (AvgIpc) is 3.63. The molecule has 1 heterocycles. The minimum atomic E-state index is 1.12. The highest BCUT2D eigenvalue weighted by atomic mass is 15.1. The molecule has 0 aliphatic rings. The molecule has 0 saturated heterocycles. The zero-order valence-electron chi connectivity index (χ0n) is 32.8. The van der Waals surface area contributed by atoms with E-state index in [4.69, 9.17) is 0 Å². The summed E-state index contributed by atoms with van der Waals surface area (Å²) in [7, 11) is 0. The third-order valence-electron chi connectivity index (χ3n) is 11.9. The molecule has 2 heteroatoms. The van der Waals surface area contributed by atoms with E-state index in [9.17, 15) is 0 Å². The Balaban J connectivity index is 1.08. The Bertz CT molecular complexity index is 3230. The fourth-order valence-electron chi connectivity index (χ4n) is 9.24.